The van der Waals surface area contributed by atoms with Gasteiger partial charge >= 0.3 is 5.97 Å². The van der Waals surface area contributed by atoms with E-state index in [0.717, 1.165) is 10.4 Å². The minimum absolute atomic E-state index is 0.0108. The quantitative estimate of drug-likeness (QED) is 0.800. The van der Waals surface area contributed by atoms with Gasteiger partial charge in [0.15, 0.2) is 5.69 Å². The van der Waals surface area contributed by atoms with E-state index >= 15 is 0 Å². The number of aromatic nitrogens is 3. The van der Waals surface area contributed by atoms with Crippen LogP contribution in [0.15, 0.2) is 47.8 Å². The van der Waals surface area contributed by atoms with Crippen LogP contribution in [-0.2, 0) is 6.54 Å². The highest BCUT2D eigenvalue weighted by Crippen LogP contribution is 2.27. The number of carboxylic acids is 1. The molecule has 0 aliphatic heterocycles. The number of carboxylic acid groups (broad SMARTS) is 1. The van der Waals surface area contributed by atoms with Crippen molar-refractivity contribution < 1.29 is 9.90 Å². The fourth-order valence-corrected chi connectivity index (χ4v) is 2.76. The molecule has 0 fully saturated rings. The first-order valence-corrected chi connectivity index (χ1v) is 6.88. The second-order valence-corrected chi connectivity index (χ2v) is 5.16. The molecule has 1 aromatic carbocycles. The minimum Gasteiger partial charge on any atom is -0.476 e. The van der Waals surface area contributed by atoms with Gasteiger partial charge in [0.25, 0.3) is 0 Å². The molecule has 0 atom stereocenters. The van der Waals surface area contributed by atoms with Crippen LogP contribution < -0.4 is 0 Å². The average molecular weight is 285 g/mol. The van der Waals surface area contributed by atoms with Crippen molar-refractivity contribution in [3.8, 4) is 10.6 Å². The summed E-state index contributed by atoms with van der Waals surface area (Å²) in [6, 6.07) is 13.5. The van der Waals surface area contributed by atoms with Crippen LogP contribution in [0, 0.1) is 0 Å². The summed E-state index contributed by atoms with van der Waals surface area (Å²) in [5.74, 6) is -1.06. The lowest BCUT2D eigenvalue weighted by molar-refractivity contribution is 0.0691. The summed E-state index contributed by atoms with van der Waals surface area (Å²) in [4.78, 5) is 12.1. The SMILES string of the molecule is O=C(O)c1nnn(Cc2ccccc2)c1-c1cccs1. The molecule has 0 amide bonds. The molecule has 6 heteroatoms. The predicted octanol–water partition coefficient (Wildman–Crippen LogP) is 2.75. The van der Waals surface area contributed by atoms with Gasteiger partial charge in [-0.2, -0.15) is 0 Å². The molecule has 2 heterocycles. The predicted molar refractivity (Wildman–Crippen MR) is 75.8 cm³/mol. The van der Waals surface area contributed by atoms with Crippen molar-refractivity contribution in [3.05, 3.63) is 59.1 Å². The number of nitrogens with zero attached hydrogens (tertiary/aromatic N) is 3. The summed E-state index contributed by atoms with van der Waals surface area (Å²) in [6.45, 7) is 0.494. The maximum absolute atomic E-state index is 11.3. The van der Waals surface area contributed by atoms with Crippen LogP contribution in [0.5, 0.6) is 0 Å². The lowest BCUT2D eigenvalue weighted by Gasteiger charge is -2.05. The summed E-state index contributed by atoms with van der Waals surface area (Å²) >= 11 is 1.47. The Bertz CT molecular complexity index is 720. The molecule has 3 rings (SSSR count). The first-order valence-electron chi connectivity index (χ1n) is 6.00. The Morgan fingerprint density at radius 1 is 1.20 bits per heavy atom. The Hall–Kier alpha value is -2.47. The highest BCUT2D eigenvalue weighted by Gasteiger charge is 2.21. The Kier molecular flexibility index (Phi) is 3.30. The van der Waals surface area contributed by atoms with E-state index in [-0.39, 0.29) is 5.69 Å². The third-order valence-corrected chi connectivity index (χ3v) is 3.74. The van der Waals surface area contributed by atoms with E-state index in [0.29, 0.717) is 12.2 Å². The van der Waals surface area contributed by atoms with Gasteiger partial charge in [0, 0.05) is 0 Å². The topological polar surface area (TPSA) is 68.0 Å². The Balaban J connectivity index is 2.06. The molecular weight excluding hydrogens is 274 g/mol. The first-order chi connectivity index (χ1) is 9.75. The molecule has 0 saturated heterocycles. The van der Waals surface area contributed by atoms with Gasteiger partial charge in [0.2, 0.25) is 0 Å². The van der Waals surface area contributed by atoms with Crippen LogP contribution in [0.3, 0.4) is 0 Å². The van der Waals surface area contributed by atoms with Gasteiger partial charge in [-0.25, -0.2) is 9.48 Å². The fourth-order valence-electron chi connectivity index (χ4n) is 1.98. The van der Waals surface area contributed by atoms with Crippen LogP contribution >= 0.6 is 11.3 Å². The van der Waals surface area contributed by atoms with E-state index in [1.165, 1.54) is 11.3 Å². The van der Waals surface area contributed by atoms with Crippen molar-refractivity contribution in [2.45, 2.75) is 6.54 Å². The molecule has 0 aliphatic carbocycles. The smallest absolute Gasteiger partial charge is 0.358 e. The minimum atomic E-state index is -1.06. The van der Waals surface area contributed by atoms with Gasteiger partial charge in [0.1, 0.15) is 5.69 Å². The maximum Gasteiger partial charge on any atom is 0.358 e. The van der Waals surface area contributed by atoms with Gasteiger partial charge in [-0.1, -0.05) is 41.6 Å². The first kappa shape index (κ1) is 12.6. The summed E-state index contributed by atoms with van der Waals surface area (Å²) in [7, 11) is 0. The molecule has 100 valence electrons. The molecule has 3 aromatic rings. The van der Waals surface area contributed by atoms with Crippen LogP contribution in [0.4, 0.5) is 0 Å². The second-order valence-electron chi connectivity index (χ2n) is 4.21. The lowest BCUT2D eigenvalue weighted by atomic mass is 10.2. The van der Waals surface area contributed by atoms with E-state index in [1.807, 2.05) is 47.8 Å². The molecule has 0 radical (unpaired) electrons. The highest BCUT2D eigenvalue weighted by molar-refractivity contribution is 7.13. The summed E-state index contributed by atoms with van der Waals surface area (Å²) in [6.07, 6.45) is 0. The van der Waals surface area contributed by atoms with E-state index in [1.54, 1.807) is 4.68 Å². The van der Waals surface area contributed by atoms with Gasteiger partial charge in [-0.3, -0.25) is 0 Å². The normalized spacial score (nSPS) is 10.6. The van der Waals surface area contributed by atoms with Crippen LogP contribution in [-0.4, -0.2) is 26.1 Å². The fraction of sp³-hybridized carbons (Fsp3) is 0.0714. The molecule has 20 heavy (non-hydrogen) atoms. The van der Waals surface area contributed by atoms with Crippen molar-refractivity contribution in [2.24, 2.45) is 0 Å². The number of hydrogen-bond donors (Lipinski definition) is 1. The van der Waals surface area contributed by atoms with E-state index in [9.17, 15) is 9.90 Å². The standard InChI is InChI=1S/C14H11N3O2S/c18-14(19)12-13(11-7-4-8-20-11)17(16-15-12)9-10-5-2-1-3-6-10/h1-8H,9H2,(H,18,19). The molecule has 5 nitrogen and oxygen atoms in total. The molecular formula is C14H11N3O2S. The summed E-state index contributed by atoms with van der Waals surface area (Å²) < 4.78 is 1.63. The number of rotatable bonds is 4. The largest absolute Gasteiger partial charge is 0.476 e. The summed E-state index contributed by atoms with van der Waals surface area (Å²) in [5, 5.41) is 18.9. The van der Waals surface area contributed by atoms with Crippen molar-refractivity contribution >= 4 is 17.3 Å². The second kappa shape index (κ2) is 5.26. The van der Waals surface area contributed by atoms with Crippen LogP contribution in [0.2, 0.25) is 0 Å². The third-order valence-electron chi connectivity index (χ3n) is 2.87. The molecule has 0 unspecified atom stereocenters. The van der Waals surface area contributed by atoms with Gasteiger partial charge in [-0.05, 0) is 17.0 Å². The van der Waals surface area contributed by atoms with Gasteiger partial charge < -0.3 is 5.11 Å². The molecule has 0 saturated carbocycles. The molecule has 0 bridgehead atoms. The molecule has 2 aromatic heterocycles. The van der Waals surface area contributed by atoms with E-state index in [4.69, 9.17) is 0 Å². The number of hydrogen-bond acceptors (Lipinski definition) is 4. The Morgan fingerprint density at radius 2 is 2.00 bits per heavy atom. The zero-order valence-corrected chi connectivity index (χ0v) is 11.2. The van der Waals surface area contributed by atoms with Crippen molar-refractivity contribution in [3.63, 3.8) is 0 Å². The Morgan fingerprint density at radius 3 is 2.65 bits per heavy atom. The molecule has 0 spiro atoms. The summed E-state index contributed by atoms with van der Waals surface area (Å²) in [5.41, 5.74) is 1.59. The van der Waals surface area contributed by atoms with Crippen molar-refractivity contribution in [2.75, 3.05) is 0 Å². The monoisotopic (exact) mass is 285 g/mol. The Labute approximate surface area is 119 Å². The van der Waals surface area contributed by atoms with Crippen molar-refractivity contribution in [1.29, 1.82) is 0 Å². The zero-order valence-electron chi connectivity index (χ0n) is 10.4. The van der Waals surface area contributed by atoms with E-state index < -0.39 is 5.97 Å². The van der Waals surface area contributed by atoms with Gasteiger partial charge in [-0.15, -0.1) is 16.4 Å². The number of thiophene rings is 1. The number of carbonyl (C=O) groups is 1. The zero-order chi connectivity index (χ0) is 13.9. The van der Waals surface area contributed by atoms with Crippen LogP contribution in [0.25, 0.3) is 10.6 Å². The molecule has 1 N–H and O–H groups in total. The third kappa shape index (κ3) is 2.33. The average Bonchev–Trinajstić information content (AvgIpc) is 3.08. The number of benzene rings is 1. The lowest BCUT2D eigenvalue weighted by Crippen LogP contribution is -2.05. The van der Waals surface area contributed by atoms with Crippen LogP contribution in [0.1, 0.15) is 16.1 Å². The maximum atomic E-state index is 11.3. The highest BCUT2D eigenvalue weighted by atomic mass is 32.1. The van der Waals surface area contributed by atoms with E-state index in [2.05, 4.69) is 10.3 Å². The number of aromatic carboxylic acids is 1. The van der Waals surface area contributed by atoms with Crippen molar-refractivity contribution in [1.82, 2.24) is 15.0 Å². The molecule has 0 aliphatic rings. The van der Waals surface area contributed by atoms with Gasteiger partial charge in [0.05, 0.1) is 11.4 Å².